The minimum absolute atomic E-state index is 0.191. The molecule has 0 spiro atoms. The molecule has 0 aromatic heterocycles. The lowest BCUT2D eigenvalue weighted by molar-refractivity contribution is -0.161. The summed E-state index contributed by atoms with van der Waals surface area (Å²) in [5.74, 6) is -1.85. The normalized spacial score (nSPS) is 13.2. The van der Waals surface area contributed by atoms with Crippen LogP contribution in [-0.4, -0.2) is 48.7 Å². The molecular weight excluding hydrogens is 633 g/mol. The Morgan fingerprint density at radius 3 is 1.27 bits per heavy atom. The van der Waals surface area contributed by atoms with Gasteiger partial charge < -0.3 is 20.1 Å². The molecule has 0 heterocycles. The zero-order chi connectivity index (χ0) is 35.6. The van der Waals surface area contributed by atoms with Crippen molar-refractivity contribution in [2.75, 3.05) is 19.8 Å². The van der Waals surface area contributed by atoms with Gasteiger partial charge in [0.2, 0.25) is 5.91 Å². The highest BCUT2D eigenvalue weighted by Gasteiger charge is 2.26. The quantitative estimate of drug-likeness (QED) is 0.0365. The number of carbonyl (C=O) groups excluding carboxylic acids is 3. The summed E-state index contributed by atoms with van der Waals surface area (Å²) in [7, 11) is -4.62. The van der Waals surface area contributed by atoms with Gasteiger partial charge >= 0.3 is 19.8 Å². The Kier molecular flexibility index (Phi) is 32.9. The van der Waals surface area contributed by atoms with Crippen molar-refractivity contribution in [1.29, 1.82) is 0 Å². The van der Waals surface area contributed by atoms with Crippen LogP contribution in [0, 0.1) is 0 Å². The Bertz CT molecular complexity index is 827. The van der Waals surface area contributed by atoms with Gasteiger partial charge in [-0.25, -0.2) is 4.57 Å². The van der Waals surface area contributed by atoms with Gasteiger partial charge in [-0.15, -0.1) is 0 Å². The van der Waals surface area contributed by atoms with E-state index in [0.717, 1.165) is 32.1 Å². The average Bonchev–Trinajstić information content (AvgIpc) is 3.05. The Hall–Kier alpha value is -1.48. The zero-order valence-corrected chi connectivity index (χ0v) is 31.6. The van der Waals surface area contributed by atoms with Crippen molar-refractivity contribution in [3.8, 4) is 0 Å². The summed E-state index contributed by atoms with van der Waals surface area (Å²) in [4.78, 5) is 45.5. The SMILES string of the molecule is CCCCCCCCCCCCCCCC(=O)OCC(COP(=O)(O)OCC(N)=O)OC(=O)CCCCCCCCCCCCCCC. The molecule has 10 nitrogen and oxygen atoms in total. The van der Waals surface area contributed by atoms with Gasteiger partial charge in [0, 0.05) is 12.8 Å². The standard InChI is InChI=1S/C37H72NO9P/c1-3-5-7-9-11-13-15-17-19-21-23-25-27-29-36(40)44-31-34(32-45-48(42,43)46-33-35(38)39)47-37(41)30-28-26-24-22-20-18-16-14-12-10-8-6-4-2/h34H,3-33H2,1-2H3,(H2,38,39)(H,42,43). The summed E-state index contributed by atoms with van der Waals surface area (Å²) >= 11 is 0. The summed E-state index contributed by atoms with van der Waals surface area (Å²) in [5, 5.41) is 0. The molecular formula is C37H72NO9P. The first-order valence-electron chi connectivity index (χ1n) is 19.5. The highest BCUT2D eigenvalue weighted by Crippen LogP contribution is 2.43. The molecule has 2 atom stereocenters. The number of phosphoric ester groups is 1. The van der Waals surface area contributed by atoms with E-state index < -0.39 is 45.0 Å². The summed E-state index contributed by atoms with van der Waals surface area (Å²) in [6.07, 6.45) is 30.6. The molecule has 0 aliphatic carbocycles. The lowest BCUT2D eigenvalue weighted by Gasteiger charge is -2.19. The second-order valence-electron chi connectivity index (χ2n) is 13.3. The van der Waals surface area contributed by atoms with Crippen LogP contribution in [0.3, 0.4) is 0 Å². The predicted octanol–water partition coefficient (Wildman–Crippen LogP) is 10.0. The van der Waals surface area contributed by atoms with E-state index in [4.69, 9.17) is 19.7 Å². The van der Waals surface area contributed by atoms with Crippen molar-refractivity contribution in [2.45, 2.75) is 200 Å². The number of hydrogen-bond acceptors (Lipinski definition) is 8. The van der Waals surface area contributed by atoms with E-state index in [9.17, 15) is 23.8 Å². The Labute approximate surface area is 292 Å². The molecule has 284 valence electrons. The number of phosphoric acid groups is 1. The first-order chi connectivity index (χ1) is 23.2. The molecule has 48 heavy (non-hydrogen) atoms. The topological polar surface area (TPSA) is 151 Å². The monoisotopic (exact) mass is 705 g/mol. The van der Waals surface area contributed by atoms with Gasteiger partial charge in [0.1, 0.15) is 13.2 Å². The van der Waals surface area contributed by atoms with Crippen LogP contribution in [0.1, 0.15) is 194 Å². The maximum Gasteiger partial charge on any atom is 0.472 e. The van der Waals surface area contributed by atoms with Crippen molar-refractivity contribution in [3.63, 3.8) is 0 Å². The summed E-state index contributed by atoms with van der Waals surface area (Å²) in [6, 6.07) is 0. The maximum absolute atomic E-state index is 12.5. The number of amides is 1. The van der Waals surface area contributed by atoms with E-state index in [1.54, 1.807) is 0 Å². The second-order valence-corrected chi connectivity index (χ2v) is 14.7. The van der Waals surface area contributed by atoms with E-state index in [1.165, 1.54) is 122 Å². The van der Waals surface area contributed by atoms with E-state index in [1.807, 2.05) is 0 Å². The van der Waals surface area contributed by atoms with Crippen LogP contribution in [0.25, 0.3) is 0 Å². The van der Waals surface area contributed by atoms with Crippen molar-refractivity contribution in [2.24, 2.45) is 5.73 Å². The van der Waals surface area contributed by atoms with Crippen LogP contribution in [0.2, 0.25) is 0 Å². The molecule has 0 fully saturated rings. The number of unbranched alkanes of at least 4 members (excludes halogenated alkanes) is 24. The summed E-state index contributed by atoms with van der Waals surface area (Å²) in [5.41, 5.74) is 4.95. The summed E-state index contributed by atoms with van der Waals surface area (Å²) < 4.78 is 32.2. The van der Waals surface area contributed by atoms with Gasteiger partial charge in [0.15, 0.2) is 6.10 Å². The summed E-state index contributed by atoms with van der Waals surface area (Å²) in [6.45, 7) is 2.83. The molecule has 0 aliphatic heterocycles. The minimum Gasteiger partial charge on any atom is -0.462 e. The average molecular weight is 706 g/mol. The molecule has 3 N–H and O–H groups in total. The Balaban J connectivity index is 4.26. The number of esters is 2. The lowest BCUT2D eigenvalue weighted by atomic mass is 10.0. The van der Waals surface area contributed by atoms with Crippen LogP contribution < -0.4 is 5.73 Å². The number of rotatable bonds is 37. The van der Waals surface area contributed by atoms with Crippen molar-refractivity contribution >= 4 is 25.7 Å². The third kappa shape index (κ3) is 34.4. The fourth-order valence-electron chi connectivity index (χ4n) is 5.55. The van der Waals surface area contributed by atoms with Gasteiger partial charge in [0.25, 0.3) is 0 Å². The lowest BCUT2D eigenvalue weighted by Crippen LogP contribution is -2.29. The number of ether oxygens (including phenoxy) is 2. The molecule has 11 heteroatoms. The molecule has 0 aromatic carbocycles. The third-order valence-electron chi connectivity index (χ3n) is 8.49. The highest BCUT2D eigenvalue weighted by molar-refractivity contribution is 7.47. The molecule has 0 aliphatic rings. The van der Waals surface area contributed by atoms with E-state index in [-0.39, 0.29) is 19.4 Å². The van der Waals surface area contributed by atoms with Gasteiger partial charge in [-0.1, -0.05) is 168 Å². The number of nitrogens with two attached hydrogens (primary N) is 1. The number of hydrogen-bond donors (Lipinski definition) is 2. The van der Waals surface area contributed by atoms with Crippen LogP contribution in [-0.2, 0) is 37.5 Å². The van der Waals surface area contributed by atoms with Crippen molar-refractivity contribution < 1.29 is 42.4 Å². The van der Waals surface area contributed by atoms with Crippen LogP contribution in [0.15, 0.2) is 0 Å². The van der Waals surface area contributed by atoms with Crippen molar-refractivity contribution in [1.82, 2.24) is 0 Å². The molecule has 0 bridgehead atoms. The first-order valence-corrected chi connectivity index (χ1v) is 20.9. The Morgan fingerprint density at radius 1 is 0.542 bits per heavy atom. The van der Waals surface area contributed by atoms with Gasteiger partial charge in [-0.3, -0.25) is 23.4 Å². The van der Waals surface area contributed by atoms with Crippen molar-refractivity contribution in [3.05, 3.63) is 0 Å². The fourth-order valence-corrected chi connectivity index (χ4v) is 6.27. The largest absolute Gasteiger partial charge is 0.472 e. The molecule has 2 unspecified atom stereocenters. The van der Waals surface area contributed by atoms with Crippen LogP contribution in [0.5, 0.6) is 0 Å². The first kappa shape index (κ1) is 46.5. The fraction of sp³-hybridized carbons (Fsp3) is 0.919. The number of primary amides is 1. The zero-order valence-electron chi connectivity index (χ0n) is 30.7. The molecule has 0 radical (unpaired) electrons. The molecule has 0 saturated carbocycles. The molecule has 0 saturated heterocycles. The second kappa shape index (κ2) is 34.0. The highest BCUT2D eigenvalue weighted by atomic mass is 31.2. The van der Waals surface area contributed by atoms with Crippen LogP contribution >= 0.6 is 7.82 Å². The number of carbonyl (C=O) groups is 3. The smallest absolute Gasteiger partial charge is 0.462 e. The van der Waals surface area contributed by atoms with Crippen LogP contribution in [0.4, 0.5) is 0 Å². The van der Waals surface area contributed by atoms with Gasteiger partial charge in [0.05, 0.1) is 6.61 Å². The molecule has 0 rings (SSSR count). The van der Waals surface area contributed by atoms with Gasteiger partial charge in [-0.2, -0.15) is 0 Å². The predicted molar refractivity (Wildman–Crippen MR) is 192 cm³/mol. The minimum atomic E-state index is -4.62. The van der Waals surface area contributed by atoms with E-state index in [2.05, 4.69) is 18.4 Å². The van der Waals surface area contributed by atoms with E-state index >= 15 is 0 Å². The molecule has 0 aromatic rings. The van der Waals surface area contributed by atoms with E-state index in [0.29, 0.717) is 12.8 Å². The van der Waals surface area contributed by atoms with Gasteiger partial charge in [-0.05, 0) is 12.8 Å². The third-order valence-corrected chi connectivity index (χ3v) is 9.42. The maximum atomic E-state index is 12.5. The molecule has 1 amide bonds. The Morgan fingerprint density at radius 2 is 0.896 bits per heavy atom.